The first-order valence-corrected chi connectivity index (χ1v) is 11.9. The molecule has 1 N–H and O–H groups in total. The quantitative estimate of drug-likeness (QED) is 0.760. The molecule has 160 valence electrons. The largest absolute Gasteiger partial charge is 0.348 e. The topological polar surface area (TPSA) is 92.3 Å². The molecular weight excluding hydrogens is 400 g/mol. The van der Waals surface area contributed by atoms with Gasteiger partial charge in [0.2, 0.25) is 0 Å². The first-order valence-electron chi connectivity index (χ1n) is 9.99. The molecule has 1 saturated heterocycles. The van der Waals surface area contributed by atoms with E-state index in [2.05, 4.69) is 52.2 Å². The molecule has 30 heavy (non-hydrogen) atoms. The molecule has 1 aliphatic rings. The van der Waals surface area contributed by atoms with Gasteiger partial charge in [-0.05, 0) is 44.7 Å². The van der Waals surface area contributed by atoms with Gasteiger partial charge >= 0.3 is 0 Å². The van der Waals surface area contributed by atoms with Gasteiger partial charge in [0.15, 0.2) is 9.84 Å². The Balaban J connectivity index is 1.71. The molecule has 1 aromatic heterocycles. The minimum absolute atomic E-state index is 0.195. The number of hydrogen-bond acceptors (Lipinski definition) is 6. The summed E-state index contributed by atoms with van der Waals surface area (Å²) in [4.78, 5) is 23.4. The van der Waals surface area contributed by atoms with Gasteiger partial charge in [0.25, 0.3) is 5.91 Å². The summed E-state index contributed by atoms with van der Waals surface area (Å²) in [6.45, 7) is 6.82. The van der Waals surface area contributed by atoms with Gasteiger partial charge in [-0.1, -0.05) is 29.8 Å². The van der Waals surface area contributed by atoms with E-state index < -0.39 is 21.8 Å². The Hall–Kier alpha value is -2.74. The van der Waals surface area contributed by atoms with Crippen molar-refractivity contribution in [3.8, 4) is 0 Å². The highest BCUT2D eigenvalue weighted by molar-refractivity contribution is 7.93. The normalized spacial score (nSPS) is 18.0. The van der Waals surface area contributed by atoms with E-state index in [9.17, 15) is 13.2 Å². The van der Waals surface area contributed by atoms with Crippen LogP contribution in [-0.2, 0) is 9.84 Å². The number of amides is 1. The highest BCUT2D eigenvalue weighted by Gasteiger charge is 2.28. The molecular formula is C22H28N4O3S. The van der Waals surface area contributed by atoms with Crippen LogP contribution in [0.2, 0.25) is 0 Å². The number of anilines is 1. The van der Waals surface area contributed by atoms with Crippen LogP contribution in [0.3, 0.4) is 0 Å². The van der Waals surface area contributed by atoms with E-state index in [1.54, 1.807) is 13.1 Å². The summed E-state index contributed by atoms with van der Waals surface area (Å²) < 4.78 is 22.4. The second-order valence-corrected chi connectivity index (χ2v) is 9.82. The van der Waals surface area contributed by atoms with Gasteiger partial charge in [-0.25, -0.2) is 18.4 Å². The molecule has 2 atom stereocenters. The minimum atomic E-state index is -3.23. The van der Waals surface area contributed by atoms with Gasteiger partial charge in [0, 0.05) is 24.3 Å². The van der Waals surface area contributed by atoms with Crippen LogP contribution in [0.25, 0.3) is 0 Å². The van der Waals surface area contributed by atoms with Crippen LogP contribution in [-0.4, -0.2) is 43.1 Å². The zero-order valence-corrected chi connectivity index (χ0v) is 18.6. The average Bonchev–Trinajstić information content (AvgIpc) is 3.15. The molecule has 0 aliphatic carbocycles. The van der Waals surface area contributed by atoms with Crippen LogP contribution in [0, 0.1) is 13.8 Å². The summed E-state index contributed by atoms with van der Waals surface area (Å²) in [5.41, 5.74) is 4.01. The van der Waals surface area contributed by atoms with Crippen molar-refractivity contribution in [3.05, 3.63) is 64.5 Å². The average molecular weight is 429 g/mol. The molecule has 8 heteroatoms. The molecule has 0 unspecified atom stereocenters. The number of nitrogens with one attached hydrogen (secondary N) is 1. The molecule has 2 heterocycles. The van der Waals surface area contributed by atoms with E-state index in [4.69, 9.17) is 0 Å². The van der Waals surface area contributed by atoms with E-state index in [0.717, 1.165) is 36.9 Å². The molecule has 0 radical (unpaired) electrons. The van der Waals surface area contributed by atoms with Crippen LogP contribution in [0.1, 0.15) is 53.0 Å². The Morgan fingerprint density at radius 2 is 2.03 bits per heavy atom. The Morgan fingerprint density at radius 1 is 1.27 bits per heavy atom. The van der Waals surface area contributed by atoms with Crippen molar-refractivity contribution in [2.24, 2.45) is 0 Å². The standard InChI is InChI=1S/C22H28N4O3S/c1-15-7-8-18(16(2)12-15)20-6-5-10-26(20)21-14-23-19(13-24-21)22(27)25-17(3)9-11-30(4,28)29/h7-9,11-14,17,20H,5-6,10H2,1-4H3,(H,25,27)/b11-9+/t17-,20+/m1/s1. The summed E-state index contributed by atoms with van der Waals surface area (Å²) in [6, 6.07) is 6.33. The van der Waals surface area contributed by atoms with Gasteiger partial charge in [-0.2, -0.15) is 0 Å². The van der Waals surface area contributed by atoms with Crippen molar-refractivity contribution >= 4 is 21.6 Å². The number of rotatable bonds is 6. The smallest absolute Gasteiger partial charge is 0.271 e. The molecule has 3 rings (SSSR count). The first-order chi connectivity index (χ1) is 14.1. The third kappa shape index (κ3) is 5.44. The third-order valence-corrected chi connectivity index (χ3v) is 5.83. The summed E-state index contributed by atoms with van der Waals surface area (Å²) in [6.07, 6.45) is 7.76. The number of aryl methyl sites for hydroxylation is 2. The summed E-state index contributed by atoms with van der Waals surface area (Å²) in [5.74, 6) is 0.353. The minimum Gasteiger partial charge on any atom is -0.348 e. The molecule has 1 aliphatic heterocycles. The zero-order chi connectivity index (χ0) is 21.9. The number of carbonyl (C=O) groups excluding carboxylic acids is 1. The first kappa shape index (κ1) is 22.0. The van der Waals surface area contributed by atoms with Crippen molar-refractivity contribution in [3.63, 3.8) is 0 Å². The van der Waals surface area contributed by atoms with E-state index in [0.29, 0.717) is 0 Å². The van der Waals surface area contributed by atoms with Crippen molar-refractivity contribution in [2.75, 3.05) is 17.7 Å². The second-order valence-electron chi connectivity index (χ2n) is 7.89. The number of nitrogens with zero attached hydrogens (tertiary/aromatic N) is 3. The Bertz CT molecular complexity index is 1050. The molecule has 0 bridgehead atoms. The predicted octanol–water partition coefficient (Wildman–Crippen LogP) is 3.11. The van der Waals surface area contributed by atoms with Gasteiger partial charge < -0.3 is 10.2 Å². The fourth-order valence-corrected chi connectivity index (χ4v) is 4.26. The SMILES string of the molecule is Cc1ccc([C@@H]2CCCN2c2cnc(C(=O)N[C@H](C)/C=C/S(C)(=O)=O)cn2)c(C)c1. The van der Waals surface area contributed by atoms with Crippen LogP contribution in [0.4, 0.5) is 5.82 Å². The lowest BCUT2D eigenvalue weighted by Gasteiger charge is -2.27. The zero-order valence-electron chi connectivity index (χ0n) is 17.8. The van der Waals surface area contributed by atoms with Crippen LogP contribution < -0.4 is 10.2 Å². The number of sulfone groups is 1. The number of carbonyl (C=O) groups is 1. The Morgan fingerprint density at radius 3 is 2.67 bits per heavy atom. The Labute approximate surface area is 178 Å². The van der Waals surface area contributed by atoms with Gasteiger partial charge in [-0.3, -0.25) is 4.79 Å². The fraction of sp³-hybridized carbons (Fsp3) is 0.409. The fourth-order valence-electron chi connectivity index (χ4n) is 3.74. The van der Waals surface area contributed by atoms with E-state index in [1.165, 1.54) is 29.0 Å². The maximum absolute atomic E-state index is 12.4. The van der Waals surface area contributed by atoms with E-state index in [1.807, 2.05) is 0 Å². The Kier molecular flexibility index (Phi) is 6.55. The second kappa shape index (κ2) is 8.95. The molecule has 1 aromatic carbocycles. The maximum atomic E-state index is 12.4. The lowest BCUT2D eigenvalue weighted by atomic mass is 9.97. The number of benzene rings is 1. The van der Waals surface area contributed by atoms with Crippen LogP contribution >= 0.6 is 0 Å². The number of hydrogen-bond donors (Lipinski definition) is 1. The van der Waals surface area contributed by atoms with E-state index in [-0.39, 0.29) is 11.7 Å². The molecule has 1 fully saturated rings. The molecule has 7 nitrogen and oxygen atoms in total. The molecule has 2 aromatic rings. The van der Waals surface area contributed by atoms with Crippen LogP contribution in [0.5, 0.6) is 0 Å². The van der Waals surface area contributed by atoms with Gasteiger partial charge in [0.05, 0.1) is 18.4 Å². The van der Waals surface area contributed by atoms with Crippen LogP contribution in [0.15, 0.2) is 42.1 Å². The molecule has 1 amide bonds. The summed E-state index contributed by atoms with van der Waals surface area (Å²) in [7, 11) is -3.23. The van der Waals surface area contributed by atoms with Crippen molar-refractivity contribution < 1.29 is 13.2 Å². The van der Waals surface area contributed by atoms with Gasteiger partial charge in [0.1, 0.15) is 11.5 Å². The lowest BCUT2D eigenvalue weighted by Crippen LogP contribution is -2.32. The highest BCUT2D eigenvalue weighted by atomic mass is 32.2. The van der Waals surface area contributed by atoms with Crippen molar-refractivity contribution in [1.29, 1.82) is 0 Å². The molecule has 0 spiro atoms. The highest BCUT2D eigenvalue weighted by Crippen LogP contribution is 2.36. The lowest BCUT2D eigenvalue weighted by molar-refractivity contribution is 0.0941. The summed E-state index contributed by atoms with van der Waals surface area (Å²) >= 11 is 0. The molecule has 0 saturated carbocycles. The monoisotopic (exact) mass is 428 g/mol. The predicted molar refractivity (Wildman–Crippen MR) is 118 cm³/mol. The summed E-state index contributed by atoms with van der Waals surface area (Å²) in [5, 5.41) is 3.78. The van der Waals surface area contributed by atoms with E-state index >= 15 is 0 Å². The maximum Gasteiger partial charge on any atom is 0.271 e. The third-order valence-electron chi connectivity index (χ3n) is 5.18. The van der Waals surface area contributed by atoms with Gasteiger partial charge in [-0.15, -0.1) is 0 Å². The van der Waals surface area contributed by atoms with Crippen molar-refractivity contribution in [2.45, 2.75) is 45.7 Å². The van der Waals surface area contributed by atoms with Crippen molar-refractivity contribution in [1.82, 2.24) is 15.3 Å². The number of aromatic nitrogens is 2.